The SMILES string of the molecule is C[C@@]12C[C@H](c3ccccc3)N(C(=O)c3ccc(F)cc3)[C@@H]1CCC[C@@H](O)[C@@H]2O. The van der Waals surface area contributed by atoms with Crippen LogP contribution in [0.3, 0.4) is 0 Å². The molecule has 1 aliphatic heterocycles. The Morgan fingerprint density at radius 2 is 1.75 bits per heavy atom. The second-order valence-corrected chi connectivity index (χ2v) is 8.31. The molecule has 2 aliphatic rings. The molecule has 0 aromatic heterocycles. The number of aliphatic hydroxyl groups excluding tert-OH is 2. The zero-order valence-electron chi connectivity index (χ0n) is 16.0. The molecule has 1 saturated carbocycles. The van der Waals surface area contributed by atoms with Gasteiger partial charge in [0, 0.05) is 17.0 Å². The Morgan fingerprint density at radius 3 is 2.43 bits per heavy atom. The van der Waals surface area contributed by atoms with Gasteiger partial charge in [-0.05, 0) is 55.5 Å². The summed E-state index contributed by atoms with van der Waals surface area (Å²) in [7, 11) is 0. The van der Waals surface area contributed by atoms with Crippen molar-refractivity contribution in [2.45, 2.75) is 56.9 Å². The van der Waals surface area contributed by atoms with E-state index in [2.05, 4.69) is 0 Å². The van der Waals surface area contributed by atoms with E-state index in [9.17, 15) is 19.4 Å². The van der Waals surface area contributed by atoms with Crippen LogP contribution in [0.2, 0.25) is 0 Å². The zero-order valence-corrected chi connectivity index (χ0v) is 16.0. The van der Waals surface area contributed by atoms with Gasteiger partial charge >= 0.3 is 0 Å². The van der Waals surface area contributed by atoms with Gasteiger partial charge in [-0.2, -0.15) is 0 Å². The van der Waals surface area contributed by atoms with Crippen LogP contribution in [0.4, 0.5) is 4.39 Å². The van der Waals surface area contributed by atoms with E-state index < -0.39 is 17.6 Å². The lowest BCUT2D eigenvalue weighted by molar-refractivity contribution is -0.0612. The number of likely N-dealkylation sites (tertiary alicyclic amines) is 1. The first-order valence-corrected chi connectivity index (χ1v) is 9.91. The van der Waals surface area contributed by atoms with Gasteiger partial charge in [-0.1, -0.05) is 37.3 Å². The number of rotatable bonds is 2. The highest BCUT2D eigenvalue weighted by molar-refractivity contribution is 5.95. The summed E-state index contributed by atoms with van der Waals surface area (Å²) in [5, 5.41) is 21.3. The fourth-order valence-corrected chi connectivity index (χ4v) is 5.07. The van der Waals surface area contributed by atoms with Gasteiger partial charge in [-0.25, -0.2) is 4.39 Å². The number of hydrogen-bond acceptors (Lipinski definition) is 3. The smallest absolute Gasteiger partial charge is 0.254 e. The van der Waals surface area contributed by atoms with Gasteiger partial charge in [0.25, 0.3) is 5.91 Å². The molecule has 28 heavy (non-hydrogen) atoms. The molecule has 1 aliphatic carbocycles. The second kappa shape index (κ2) is 7.30. The molecule has 2 aromatic rings. The van der Waals surface area contributed by atoms with Gasteiger partial charge in [-0.15, -0.1) is 0 Å². The first-order valence-electron chi connectivity index (χ1n) is 9.91. The Bertz CT molecular complexity index is 841. The molecule has 2 N–H and O–H groups in total. The van der Waals surface area contributed by atoms with Crippen LogP contribution in [0, 0.1) is 11.2 Å². The van der Waals surface area contributed by atoms with Gasteiger partial charge in [0.15, 0.2) is 0 Å². The maximum atomic E-state index is 13.5. The maximum absolute atomic E-state index is 13.5. The minimum Gasteiger partial charge on any atom is -0.390 e. The normalized spacial score (nSPS) is 32.6. The van der Waals surface area contributed by atoms with Crippen molar-refractivity contribution < 1.29 is 19.4 Å². The lowest BCUT2D eigenvalue weighted by atomic mass is 9.74. The Hall–Kier alpha value is -2.24. The predicted molar refractivity (Wildman–Crippen MR) is 104 cm³/mol. The number of fused-ring (bicyclic) bond motifs is 1. The number of carbonyl (C=O) groups excluding carboxylic acids is 1. The second-order valence-electron chi connectivity index (χ2n) is 8.31. The zero-order chi connectivity index (χ0) is 19.9. The highest BCUT2D eigenvalue weighted by Crippen LogP contribution is 2.53. The van der Waals surface area contributed by atoms with Crippen molar-refractivity contribution in [1.29, 1.82) is 0 Å². The number of halogens is 1. The van der Waals surface area contributed by atoms with Crippen LogP contribution in [0.5, 0.6) is 0 Å². The van der Waals surface area contributed by atoms with Gasteiger partial charge in [0.1, 0.15) is 5.82 Å². The summed E-state index contributed by atoms with van der Waals surface area (Å²) >= 11 is 0. The Balaban J connectivity index is 1.79. The number of benzene rings is 2. The average molecular weight is 383 g/mol. The summed E-state index contributed by atoms with van der Waals surface area (Å²) in [6, 6.07) is 15.0. The molecule has 1 saturated heterocycles. The van der Waals surface area contributed by atoms with Crippen molar-refractivity contribution in [3.63, 3.8) is 0 Å². The predicted octanol–water partition coefficient (Wildman–Crippen LogP) is 3.69. The lowest BCUT2D eigenvalue weighted by Gasteiger charge is -2.38. The lowest BCUT2D eigenvalue weighted by Crippen LogP contribution is -2.49. The number of amides is 1. The van der Waals surface area contributed by atoms with E-state index in [1.807, 2.05) is 42.2 Å². The summed E-state index contributed by atoms with van der Waals surface area (Å²) in [6.07, 6.45) is 0.896. The standard InChI is InChI=1S/C23H26FNO3/c1-23-14-18(15-6-3-2-4-7-15)25(20(23)9-5-8-19(26)21(23)27)22(28)16-10-12-17(24)13-11-16/h2-4,6-7,10-13,18-21,26-27H,5,8-9,14H2,1H3/t18-,19-,20-,21+,23-/m1/s1. The first kappa shape index (κ1) is 19.1. The van der Waals surface area contributed by atoms with Crippen LogP contribution in [-0.2, 0) is 0 Å². The third-order valence-electron chi connectivity index (χ3n) is 6.59. The highest BCUT2D eigenvalue weighted by Gasteiger charge is 2.57. The van der Waals surface area contributed by atoms with Gasteiger partial charge in [-0.3, -0.25) is 4.79 Å². The highest BCUT2D eigenvalue weighted by atomic mass is 19.1. The summed E-state index contributed by atoms with van der Waals surface area (Å²) in [5.41, 5.74) is 0.839. The molecule has 5 heteroatoms. The molecule has 148 valence electrons. The summed E-state index contributed by atoms with van der Waals surface area (Å²) in [5.74, 6) is -0.540. The molecule has 4 rings (SSSR count). The fourth-order valence-electron chi connectivity index (χ4n) is 5.07. The number of hydrogen-bond donors (Lipinski definition) is 2. The van der Waals surface area contributed by atoms with Crippen molar-refractivity contribution in [1.82, 2.24) is 4.90 Å². The molecule has 0 unspecified atom stereocenters. The van der Waals surface area contributed by atoms with E-state index in [0.29, 0.717) is 18.4 Å². The number of carbonyl (C=O) groups is 1. The van der Waals surface area contributed by atoms with Crippen LogP contribution < -0.4 is 0 Å². The molecule has 1 amide bonds. The van der Waals surface area contributed by atoms with Gasteiger partial charge < -0.3 is 15.1 Å². The summed E-state index contributed by atoms with van der Waals surface area (Å²) < 4.78 is 13.4. The molecular formula is C23H26FNO3. The van der Waals surface area contributed by atoms with Crippen molar-refractivity contribution in [2.24, 2.45) is 5.41 Å². The molecule has 0 bridgehead atoms. The molecule has 5 atom stereocenters. The van der Waals surface area contributed by atoms with E-state index in [0.717, 1.165) is 18.4 Å². The van der Waals surface area contributed by atoms with Crippen molar-refractivity contribution in [2.75, 3.05) is 0 Å². The topological polar surface area (TPSA) is 60.8 Å². The average Bonchev–Trinajstić information content (AvgIpc) is 2.96. The molecule has 1 heterocycles. The van der Waals surface area contributed by atoms with E-state index in [1.165, 1.54) is 24.3 Å². The van der Waals surface area contributed by atoms with Crippen LogP contribution in [0.15, 0.2) is 54.6 Å². The molecule has 4 nitrogen and oxygen atoms in total. The molecular weight excluding hydrogens is 357 g/mol. The fraction of sp³-hybridized carbons (Fsp3) is 0.435. The Morgan fingerprint density at radius 1 is 1.07 bits per heavy atom. The Kier molecular flexibility index (Phi) is 4.98. The van der Waals surface area contributed by atoms with E-state index in [-0.39, 0.29) is 23.8 Å². The Labute approximate surface area is 164 Å². The van der Waals surface area contributed by atoms with Crippen molar-refractivity contribution in [3.8, 4) is 0 Å². The third-order valence-corrected chi connectivity index (χ3v) is 6.59. The van der Waals surface area contributed by atoms with E-state index >= 15 is 0 Å². The van der Waals surface area contributed by atoms with E-state index in [1.54, 1.807) is 0 Å². The summed E-state index contributed by atoms with van der Waals surface area (Å²) in [4.78, 5) is 15.4. The van der Waals surface area contributed by atoms with Gasteiger partial charge in [0.05, 0.1) is 18.2 Å². The van der Waals surface area contributed by atoms with E-state index in [4.69, 9.17) is 0 Å². The maximum Gasteiger partial charge on any atom is 0.254 e. The van der Waals surface area contributed by atoms with Crippen LogP contribution >= 0.6 is 0 Å². The van der Waals surface area contributed by atoms with Gasteiger partial charge in [0.2, 0.25) is 0 Å². The monoisotopic (exact) mass is 383 g/mol. The molecule has 2 aromatic carbocycles. The first-order chi connectivity index (χ1) is 13.4. The largest absolute Gasteiger partial charge is 0.390 e. The number of nitrogens with zero attached hydrogens (tertiary/aromatic N) is 1. The molecule has 2 fully saturated rings. The minimum absolute atomic E-state index is 0.161. The summed E-state index contributed by atoms with van der Waals surface area (Å²) in [6.45, 7) is 1.98. The molecule has 0 spiro atoms. The van der Waals surface area contributed by atoms with Crippen molar-refractivity contribution in [3.05, 3.63) is 71.5 Å². The van der Waals surface area contributed by atoms with Crippen LogP contribution in [0.1, 0.15) is 54.6 Å². The number of aliphatic hydroxyl groups is 2. The van der Waals surface area contributed by atoms with Crippen LogP contribution in [-0.4, -0.2) is 39.3 Å². The molecule has 0 radical (unpaired) electrons. The third kappa shape index (κ3) is 3.12. The quantitative estimate of drug-likeness (QED) is 0.831. The minimum atomic E-state index is -0.891. The van der Waals surface area contributed by atoms with Crippen LogP contribution in [0.25, 0.3) is 0 Å². The van der Waals surface area contributed by atoms with Crippen molar-refractivity contribution >= 4 is 5.91 Å².